The molecule has 0 bridgehead atoms. The molecular formula is C31H37FN4O4. The van der Waals surface area contributed by atoms with Gasteiger partial charge in [-0.25, -0.2) is 4.39 Å². The molecule has 3 heterocycles. The van der Waals surface area contributed by atoms with E-state index in [-0.39, 0.29) is 17.3 Å². The van der Waals surface area contributed by atoms with Crippen molar-refractivity contribution in [2.75, 3.05) is 46.4 Å². The summed E-state index contributed by atoms with van der Waals surface area (Å²) in [5.41, 5.74) is 2.37. The second kappa shape index (κ2) is 11.8. The molecule has 40 heavy (non-hydrogen) atoms. The number of rotatable bonds is 7. The van der Waals surface area contributed by atoms with E-state index in [2.05, 4.69) is 23.7 Å². The first-order valence-corrected chi connectivity index (χ1v) is 14.1. The number of hydrogen-bond acceptors (Lipinski definition) is 5. The van der Waals surface area contributed by atoms with E-state index in [1.807, 2.05) is 17.0 Å². The Kier molecular flexibility index (Phi) is 8.21. The molecule has 1 N–H and O–H groups in total. The number of fused-ring (bicyclic) bond motifs is 1. The summed E-state index contributed by atoms with van der Waals surface area (Å²) in [6.45, 7) is 7.95. The second-order valence-corrected chi connectivity index (χ2v) is 11.1. The molecule has 9 heteroatoms. The number of H-pyrrole nitrogens is 1. The summed E-state index contributed by atoms with van der Waals surface area (Å²) >= 11 is 0. The van der Waals surface area contributed by atoms with Crippen molar-refractivity contribution >= 4 is 28.5 Å². The number of aromatic nitrogens is 1. The van der Waals surface area contributed by atoms with E-state index in [1.165, 1.54) is 19.2 Å². The third-order valence-corrected chi connectivity index (χ3v) is 8.34. The van der Waals surface area contributed by atoms with Crippen LogP contribution in [-0.2, 0) is 11.2 Å². The van der Waals surface area contributed by atoms with E-state index < -0.39 is 11.7 Å². The van der Waals surface area contributed by atoms with E-state index in [0.717, 1.165) is 37.9 Å². The van der Waals surface area contributed by atoms with Crippen molar-refractivity contribution in [2.24, 2.45) is 5.92 Å². The van der Waals surface area contributed by atoms with Gasteiger partial charge in [0.25, 0.3) is 17.6 Å². The molecule has 1 aromatic heterocycles. The van der Waals surface area contributed by atoms with Crippen molar-refractivity contribution in [3.63, 3.8) is 0 Å². The summed E-state index contributed by atoms with van der Waals surface area (Å²) in [4.78, 5) is 48.8. The number of nitrogens with one attached hydrogen (secondary N) is 1. The lowest BCUT2D eigenvalue weighted by atomic mass is 9.90. The van der Waals surface area contributed by atoms with Gasteiger partial charge in [-0.1, -0.05) is 12.1 Å². The van der Waals surface area contributed by atoms with Crippen LogP contribution in [-0.4, -0.2) is 89.7 Å². The lowest BCUT2D eigenvalue weighted by Gasteiger charge is -2.36. The van der Waals surface area contributed by atoms with Crippen molar-refractivity contribution in [3.8, 4) is 5.75 Å². The molecule has 0 atom stereocenters. The number of hydrogen-bond donors (Lipinski definition) is 1. The van der Waals surface area contributed by atoms with Crippen LogP contribution in [0.3, 0.4) is 0 Å². The summed E-state index contributed by atoms with van der Waals surface area (Å²) in [5.74, 6) is -0.652. The standard InChI is InChI=1S/C31H37FN4O4/c1-20(2)34-12-14-36(15-13-34)31(39)29(37)26-19-33-27-18-28(40-3)25(17-24(26)27)30(38)35-10-8-22(9-11-35)16-21-4-6-23(32)7-5-21/h4-7,17-20,22,33H,8-16H2,1-3H3. The molecule has 8 nitrogen and oxygen atoms in total. The van der Waals surface area contributed by atoms with Crippen LogP contribution < -0.4 is 4.74 Å². The van der Waals surface area contributed by atoms with Gasteiger partial charge >= 0.3 is 0 Å². The van der Waals surface area contributed by atoms with E-state index in [4.69, 9.17) is 4.74 Å². The van der Waals surface area contributed by atoms with Gasteiger partial charge in [-0.2, -0.15) is 0 Å². The van der Waals surface area contributed by atoms with Gasteiger partial charge in [0.2, 0.25) is 0 Å². The molecule has 5 rings (SSSR count). The van der Waals surface area contributed by atoms with Crippen molar-refractivity contribution in [3.05, 3.63) is 65.1 Å². The fourth-order valence-electron chi connectivity index (χ4n) is 5.84. The third kappa shape index (κ3) is 5.75. The van der Waals surface area contributed by atoms with Crippen LogP contribution in [0.4, 0.5) is 4.39 Å². The average molecular weight is 549 g/mol. The number of ketones is 1. The van der Waals surface area contributed by atoms with E-state index in [9.17, 15) is 18.8 Å². The number of ether oxygens (including phenoxy) is 1. The van der Waals surface area contributed by atoms with Gasteiger partial charge in [0.1, 0.15) is 11.6 Å². The minimum atomic E-state index is -0.575. The van der Waals surface area contributed by atoms with Crippen LogP contribution >= 0.6 is 0 Å². The maximum atomic E-state index is 13.6. The molecule has 2 aliphatic rings. The maximum absolute atomic E-state index is 13.6. The van der Waals surface area contributed by atoms with Gasteiger partial charge in [-0.05, 0) is 62.8 Å². The van der Waals surface area contributed by atoms with Crippen molar-refractivity contribution in [2.45, 2.75) is 39.2 Å². The molecule has 0 radical (unpaired) electrons. The molecule has 3 aromatic rings. The number of carbonyl (C=O) groups is 3. The summed E-state index contributed by atoms with van der Waals surface area (Å²) in [6, 6.07) is 10.4. The zero-order valence-electron chi connectivity index (χ0n) is 23.4. The highest BCUT2D eigenvalue weighted by Gasteiger charge is 2.31. The Morgan fingerprint density at radius 2 is 1.62 bits per heavy atom. The smallest absolute Gasteiger partial charge is 0.295 e. The van der Waals surface area contributed by atoms with Gasteiger partial charge in [0, 0.05) is 68.5 Å². The number of halogens is 1. The predicted molar refractivity (Wildman–Crippen MR) is 151 cm³/mol. The Hall–Kier alpha value is -3.72. The number of amides is 2. The number of carbonyl (C=O) groups excluding carboxylic acids is 3. The lowest BCUT2D eigenvalue weighted by molar-refractivity contribution is -0.128. The first kappa shape index (κ1) is 27.8. The summed E-state index contributed by atoms with van der Waals surface area (Å²) in [7, 11) is 1.52. The predicted octanol–water partition coefficient (Wildman–Crippen LogP) is 4.15. The van der Waals surface area contributed by atoms with Crippen molar-refractivity contribution in [1.82, 2.24) is 19.7 Å². The highest BCUT2D eigenvalue weighted by Crippen LogP contribution is 2.31. The Morgan fingerprint density at radius 3 is 2.25 bits per heavy atom. The first-order chi connectivity index (χ1) is 19.2. The molecule has 0 spiro atoms. The average Bonchev–Trinajstić information content (AvgIpc) is 3.39. The molecule has 0 aliphatic carbocycles. The number of methoxy groups -OCH3 is 1. The Morgan fingerprint density at radius 1 is 0.950 bits per heavy atom. The first-order valence-electron chi connectivity index (χ1n) is 14.1. The summed E-state index contributed by atoms with van der Waals surface area (Å²) < 4.78 is 18.8. The number of benzene rings is 2. The van der Waals surface area contributed by atoms with Crippen LogP contribution in [0.1, 0.15) is 53.0 Å². The molecule has 2 saturated heterocycles. The van der Waals surface area contributed by atoms with Crippen LogP contribution in [0, 0.1) is 11.7 Å². The SMILES string of the molecule is COc1cc2[nH]cc(C(=O)C(=O)N3CCN(C(C)C)CC3)c2cc1C(=O)N1CCC(Cc2ccc(F)cc2)CC1. The highest BCUT2D eigenvalue weighted by atomic mass is 19.1. The largest absolute Gasteiger partial charge is 0.496 e. The van der Waals surface area contributed by atoms with E-state index >= 15 is 0 Å². The maximum Gasteiger partial charge on any atom is 0.295 e. The normalized spacial score (nSPS) is 17.0. The molecule has 2 aromatic carbocycles. The highest BCUT2D eigenvalue weighted by molar-refractivity contribution is 6.45. The number of nitrogens with zero attached hydrogens (tertiary/aromatic N) is 3. The summed E-state index contributed by atoms with van der Waals surface area (Å²) in [5, 5.41) is 0.537. The van der Waals surface area contributed by atoms with E-state index in [0.29, 0.717) is 60.4 Å². The molecule has 0 unspecified atom stereocenters. The van der Waals surface area contributed by atoms with Gasteiger partial charge < -0.3 is 19.5 Å². The topological polar surface area (TPSA) is 86.0 Å². The van der Waals surface area contributed by atoms with Gasteiger partial charge in [-0.3, -0.25) is 19.3 Å². The zero-order valence-corrected chi connectivity index (χ0v) is 23.4. The number of aromatic amines is 1. The Bertz CT molecular complexity index is 1380. The number of likely N-dealkylation sites (tertiary alicyclic amines) is 1. The molecule has 212 valence electrons. The zero-order chi connectivity index (χ0) is 28.4. The van der Waals surface area contributed by atoms with E-state index in [1.54, 1.807) is 23.2 Å². The Balaban J connectivity index is 1.29. The minimum absolute atomic E-state index is 0.158. The van der Waals surface area contributed by atoms with Crippen LogP contribution in [0.15, 0.2) is 42.6 Å². The van der Waals surface area contributed by atoms with Crippen molar-refractivity contribution < 1.29 is 23.5 Å². The van der Waals surface area contributed by atoms with Crippen LogP contribution in [0.5, 0.6) is 5.75 Å². The van der Waals surface area contributed by atoms with Crippen molar-refractivity contribution in [1.29, 1.82) is 0 Å². The van der Waals surface area contributed by atoms with Gasteiger partial charge in [0.15, 0.2) is 0 Å². The van der Waals surface area contributed by atoms with Crippen LogP contribution in [0.2, 0.25) is 0 Å². The fraction of sp³-hybridized carbons (Fsp3) is 0.452. The number of piperazine rings is 1. The van der Waals surface area contributed by atoms with Gasteiger partial charge in [0.05, 0.1) is 18.2 Å². The van der Waals surface area contributed by atoms with Crippen LogP contribution in [0.25, 0.3) is 10.9 Å². The Labute approximate surface area is 234 Å². The molecule has 0 saturated carbocycles. The molecule has 2 aliphatic heterocycles. The summed E-state index contributed by atoms with van der Waals surface area (Å²) in [6.07, 6.45) is 4.09. The number of piperidine rings is 1. The molecular weight excluding hydrogens is 511 g/mol. The quantitative estimate of drug-likeness (QED) is 0.354. The molecule has 2 fully saturated rings. The second-order valence-electron chi connectivity index (χ2n) is 11.1. The monoisotopic (exact) mass is 548 g/mol. The lowest BCUT2D eigenvalue weighted by Crippen LogP contribution is -2.52. The van der Waals surface area contributed by atoms with Gasteiger partial charge in [-0.15, -0.1) is 0 Å². The number of Topliss-reactive ketones (excluding diaryl/α,β-unsaturated/α-hetero) is 1. The third-order valence-electron chi connectivity index (χ3n) is 8.34. The molecule has 2 amide bonds. The fourth-order valence-corrected chi connectivity index (χ4v) is 5.84. The minimum Gasteiger partial charge on any atom is -0.496 e.